The van der Waals surface area contributed by atoms with Crippen LogP contribution in [0.5, 0.6) is 0 Å². The van der Waals surface area contributed by atoms with Crippen molar-refractivity contribution in [2.75, 3.05) is 7.05 Å². The molecule has 0 aromatic carbocycles. The fourth-order valence-electron chi connectivity index (χ4n) is 2.38. The van der Waals surface area contributed by atoms with Gasteiger partial charge in [0.15, 0.2) is 0 Å². The molecule has 0 radical (unpaired) electrons. The van der Waals surface area contributed by atoms with Crippen LogP contribution in [0, 0.1) is 6.92 Å². The zero-order chi connectivity index (χ0) is 16.6. The Bertz CT molecular complexity index is 830. The molecule has 3 aromatic heterocycles. The first-order valence-electron chi connectivity index (χ1n) is 7.38. The quantitative estimate of drug-likeness (QED) is 0.730. The zero-order valence-corrected chi connectivity index (χ0v) is 14.4. The summed E-state index contributed by atoms with van der Waals surface area (Å²) in [6, 6.07) is 7.60. The van der Waals surface area contributed by atoms with E-state index in [1.54, 1.807) is 15.8 Å². The Hall–Kier alpha value is -2.34. The first-order valence-corrected chi connectivity index (χ1v) is 8.19. The Balaban J connectivity index is 1.79. The number of hydrogen-bond acceptors (Lipinski definition) is 4. The van der Waals surface area contributed by atoms with E-state index in [1.165, 1.54) is 11.3 Å². The molecular formula is C17H19N3O2S. The second kappa shape index (κ2) is 6.04. The van der Waals surface area contributed by atoms with Crippen molar-refractivity contribution in [3.63, 3.8) is 0 Å². The normalized spacial score (nSPS) is 12.3. The molecule has 0 N–H and O–H groups in total. The van der Waals surface area contributed by atoms with Crippen LogP contribution in [0.2, 0.25) is 0 Å². The second-order valence-corrected chi connectivity index (χ2v) is 6.70. The number of aryl methyl sites for hydroxylation is 2. The van der Waals surface area contributed by atoms with Crippen LogP contribution < -0.4 is 0 Å². The number of furan rings is 1. The van der Waals surface area contributed by atoms with Crippen LogP contribution in [0.15, 0.2) is 41.1 Å². The number of carbonyl (C=O) groups is 1. The molecule has 0 aliphatic carbocycles. The van der Waals surface area contributed by atoms with E-state index in [2.05, 4.69) is 5.10 Å². The highest BCUT2D eigenvalue weighted by molar-refractivity contribution is 7.17. The molecule has 23 heavy (non-hydrogen) atoms. The lowest BCUT2D eigenvalue weighted by Gasteiger charge is -2.23. The number of carbonyl (C=O) groups excluding carboxylic acids is 1. The van der Waals surface area contributed by atoms with Crippen molar-refractivity contribution >= 4 is 17.2 Å². The maximum Gasteiger partial charge on any atom is 0.264 e. The van der Waals surface area contributed by atoms with Gasteiger partial charge in [0, 0.05) is 25.9 Å². The van der Waals surface area contributed by atoms with Crippen LogP contribution in [0.25, 0.3) is 10.6 Å². The Morgan fingerprint density at radius 3 is 2.74 bits per heavy atom. The van der Waals surface area contributed by atoms with Gasteiger partial charge in [0.25, 0.3) is 5.91 Å². The fraction of sp³-hybridized carbons (Fsp3) is 0.294. The van der Waals surface area contributed by atoms with Gasteiger partial charge in [-0.15, -0.1) is 11.3 Å². The summed E-state index contributed by atoms with van der Waals surface area (Å²) in [5, 5.41) is 4.17. The predicted octanol–water partition coefficient (Wildman–Crippen LogP) is 3.88. The van der Waals surface area contributed by atoms with Gasteiger partial charge in [-0.05, 0) is 38.1 Å². The average Bonchev–Trinajstić information content (AvgIpc) is 3.25. The van der Waals surface area contributed by atoms with Crippen molar-refractivity contribution in [2.24, 2.45) is 7.05 Å². The lowest BCUT2D eigenvalue weighted by molar-refractivity contribution is 0.0747. The summed E-state index contributed by atoms with van der Waals surface area (Å²) in [5.74, 6) is 1.67. The maximum absolute atomic E-state index is 12.7. The summed E-state index contributed by atoms with van der Waals surface area (Å²) >= 11 is 1.45. The van der Waals surface area contributed by atoms with E-state index in [-0.39, 0.29) is 11.9 Å². The molecule has 1 atom stereocenters. The third kappa shape index (κ3) is 3.07. The van der Waals surface area contributed by atoms with E-state index < -0.39 is 0 Å². The number of amides is 1. The van der Waals surface area contributed by atoms with Gasteiger partial charge in [-0.3, -0.25) is 9.48 Å². The average molecular weight is 329 g/mol. The van der Waals surface area contributed by atoms with E-state index in [0.717, 1.165) is 22.0 Å². The summed E-state index contributed by atoms with van der Waals surface area (Å²) < 4.78 is 7.36. The van der Waals surface area contributed by atoms with Crippen molar-refractivity contribution in [3.05, 3.63) is 52.9 Å². The maximum atomic E-state index is 12.7. The summed E-state index contributed by atoms with van der Waals surface area (Å²) in [4.78, 5) is 16.1. The summed E-state index contributed by atoms with van der Waals surface area (Å²) in [7, 11) is 3.69. The number of hydrogen-bond donors (Lipinski definition) is 0. The first-order chi connectivity index (χ1) is 11.0. The number of nitrogens with zero attached hydrogens (tertiary/aromatic N) is 3. The number of aromatic nitrogens is 2. The molecule has 6 heteroatoms. The molecule has 3 aromatic rings. The van der Waals surface area contributed by atoms with Gasteiger partial charge in [0.05, 0.1) is 22.0 Å². The highest BCUT2D eigenvalue weighted by Gasteiger charge is 2.22. The van der Waals surface area contributed by atoms with Crippen molar-refractivity contribution < 1.29 is 9.21 Å². The topological polar surface area (TPSA) is 51.3 Å². The molecule has 120 valence electrons. The van der Waals surface area contributed by atoms with E-state index in [1.807, 2.05) is 58.4 Å². The van der Waals surface area contributed by atoms with Crippen LogP contribution in [0.1, 0.15) is 34.0 Å². The Kier molecular flexibility index (Phi) is 4.09. The molecular weight excluding hydrogens is 310 g/mol. The molecule has 3 rings (SSSR count). The van der Waals surface area contributed by atoms with Gasteiger partial charge in [-0.1, -0.05) is 0 Å². The van der Waals surface area contributed by atoms with Crippen molar-refractivity contribution in [2.45, 2.75) is 19.9 Å². The molecule has 0 saturated carbocycles. The SMILES string of the molecule is Cc1ccc(-c2ccc(C(=O)N(C)[C@@H](C)c3cnn(C)c3)s2)o1. The molecule has 0 spiro atoms. The van der Waals surface area contributed by atoms with Crippen molar-refractivity contribution in [1.29, 1.82) is 0 Å². The summed E-state index contributed by atoms with van der Waals surface area (Å²) in [6.45, 7) is 3.91. The number of rotatable bonds is 4. The minimum Gasteiger partial charge on any atom is -0.461 e. The Morgan fingerprint density at radius 1 is 1.35 bits per heavy atom. The van der Waals surface area contributed by atoms with Crippen LogP contribution in [-0.2, 0) is 7.05 Å². The van der Waals surface area contributed by atoms with Gasteiger partial charge >= 0.3 is 0 Å². The largest absolute Gasteiger partial charge is 0.461 e. The van der Waals surface area contributed by atoms with Gasteiger partial charge in [0.1, 0.15) is 11.5 Å². The van der Waals surface area contributed by atoms with Gasteiger partial charge in [0.2, 0.25) is 0 Å². The molecule has 0 unspecified atom stereocenters. The fourth-order valence-corrected chi connectivity index (χ4v) is 3.33. The highest BCUT2D eigenvalue weighted by atomic mass is 32.1. The van der Waals surface area contributed by atoms with Gasteiger partial charge in [-0.2, -0.15) is 5.10 Å². The molecule has 0 bridgehead atoms. The Labute approximate surface area is 139 Å². The lowest BCUT2D eigenvalue weighted by Crippen LogP contribution is -2.28. The third-order valence-electron chi connectivity index (χ3n) is 3.91. The van der Waals surface area contributed by atoms with Crippen LogP contribution >= 0.6 is 11.3 Å². The van der Waals surface area contributed by atoms with Crippen LogP contribution in [-0.4, -0.2) is 27.6 Å². The first kappa shape index (κ1) is 15.6. The predicted molar refractivity (Wildman–Crippen MR) is 90.5 cm³/mol. The molecule has 0 aliphatic heterocycles. The molecule has 0 saturated heterocycles. The monoisotopic (exact) mass is 329 g/mol. The molecule has 0 fully saturated rings. The van der Waals surface area contributed by atoms with Crippen LogP contribution in [0.3, 0.4) is 0 Å². The van der Waals surface area contributed by atoms with Gasteiger partial charge < -0.3 is 9.32 Å². The van der Waals surface area contributed by atoms with Crippen molar-refractivity contribution in [1.82, 2.24) is 14.7 Å². The summed E-state index contributed by atoms with van der Waals surface area (Å²) in [5.41, 5.74) is 1.02. The Morgan fingerprint density at radius 2 is 2.13 bits per heavy atom. The summed E-state index contributed by atoms with van der Waals surface area (Å²) in [6.07, 6.45) is 3.72. The molecule has 5 nitrogen and oxygen atoms in total. The molecule has 0 aliphatic rings. The van der Waals surface area contributed by atoms with E-state index in [9.17, 15) is 4.79 Å². The van der Waals surface area contributed by atoms with E-state index in [4.69, 9.17) is 4.42 Å². The minimum absolute atomic E-state index is 0.000816. The van der Waals surface area contributed by atoms with Crippen LogP contribution in [0.4, 0.5) is 0 Å². The standard InChI is InChI=1S/C17H19N3O2S/c1-11-5-6-14(22-11)15-7-8-16(23-15)17(21)20(4)12(2)13-9-18-19(3)10-13/h5-10,12H,1-4H3/t12-/m0/s1. The van der Waals surface area contributed by atoms with E-state index in [0.29, 0.717) is 4.88 Å². The number of thiophene rings is 1. The third-order valence-corrected chi connectivity index (χ3v) is 5.00. The zero-order valence-electron chi connectivity index (χ0n) is 13.6. The lowest BCUT2D eigenvalue weighted by atomic mass is 10.1. The van der Waals surface area contributed by atoms with Crippen molar-refractivity contribution in [3.8, 4) is 10.6 Å². The highest BCUT2D eigenvalue weighted by Crippen LogP contribution is 2.31. The van der Waals surface area contributed by atoms with E-state index >= 15 is 0 Å². The second-order valence-electron chi connectivity index (χ2n) is 5.61. The molecule has 3 heterocycles. The molecule has 1 amide bonds. The van der Waals surface area contributed by atoms with Gasteiger partial charge in [-0.25, -0.2) is 0 Å². The smallest absolute Gasteiger partial charge is 0.264 e. The minimum atomic E-state index is -0.0346.